The summed E-state index contributed by atoms with van der Waals surface area (Å²) in [5.74, 6) is 1.78. The van der Waals surface area contributed by atoms with Gasteiger partial charge in [0.1, 0.15) is 0 Å². The van der Waals surface area contributed by atoms with E-state index in [0.29, 0.717) is 0 Å². The Morgan fingerprint density at radius 3 is 1.95 bits per heavy atom. The highest BCUT2D eigenvalue weighted by Gasteiger charge is 2.24. The van der Waals surface area contributed by atoms with Crippen LogP contribution in [0, 0.1) is 0 Å². The Balaban J connectivity index is 1.34. The minimum Gasteiger partial charge on any atom is -0.453 e. The van der Waals surface area contributed by atoms with E-state index in [9.17, 15) is 0 Å². The zero-order valence-electron chi connectivity index (χ0n) is 21.0. The van der Waals surface area contributed by atoms with E-state index < -0.39 is 0 Å². The molecule has 3 nitrogen and oxygen atoms in total. The molecule has 0 saturated carbocycles. The molecule has 1 aliphatic rings. The Labute approximate surface area is 224 Å². The molecule has 3 heteroatoms. The van der Waals surface area contributed by atoms with Crippen LogP contribution in [0.3, 0.4) is 0 Å². The molecule has 8 aromatic rings. The van der Waals surface area contributed by atoms with Gasteiger partial charge in [-0.05, 0) is 59.7 Å². The molecule has 6 aromatic carbocycles. The SMILES string of the molecule is c1cc(-c2cccc3c2c2cccc4c2n3-c2ccccc2O4)cc(-n2c3ccccc3c3ccccc32)c1. The summed E-state index contributed by atoms with van der Waals surface area (Å²) in [6.07, 6.45) is 0. The van der Waals surface area contributed by atoms with E-state index in [2.05, 4.69) is 130 Å². The molecule has 2 aromatic heterocycles. The van der Waals surface area contributed by atoms with Gasteiger partial charge >= 0.3 is 0 Å². The van der Waals surface area contributed by atoms with Crippen molar-refractivity contribution in [3.63, 3.8) is 0 Å². The van der Waals surface area contributed by atoms with E-state index in [-0.39, 0.29) is 0 Å². The van der Waals surface area contributed by atoms with Crippen LogP contribution in [-0.2, 0) is 0 Å². The second kappa shape index (κ2) is 7.62. The molecule has 1 aliphatic heterocycles. The average Bonchev–Trinajstić information content (AvgIpc) is 3.52. The van der Waals surface area contributed by atoms with Crippen molar-refractivity contribution in [3.8, 4) is 34.0 Å². The molecular weight excluding hydrogens is 476 g/mol. The zero-order chi connectivity index (χ0) is 25.5. The summed E-state index contributed by atoms with van der Waals surface area (Å²) >= 11 is 0. The first-order chi connectivity index (χ1) is 19.4. The molecular formula is C36H22N2O. The van der Waals surface area contributed by atoms with E-state index in [4.69, 9.17) is 4.74 Å². The van der Waals surface area contributed by atoms with Crippen molar-refractivity contribution in [2.45, 2.75) is 0 Å². The molecule has 3 heterocycles. The van der Waals surface area contributed by atoms with Gasteiger partial charge in [0.15, 0.2) is 11.5 Å². The van der Waals surface area contributed by atoms with Gasteiger partial charge in [-0.15, -0.1) is 0 Å². The molecule has 0 saturated heterocycles. The standard InChI is InChI=1S/C36H22N2O/c1-3-16-29-26(12-1)27-13-2-4-17-30(27)37(29)24-11-7-10-23(22-24)25-14-8-19-32-35(25)28-15-9-21-34-36(28)38(32)31-18-5-6-20-33(31)39-34/h1-22H. The number of hydrogen-bond donors (Lipinski definition) is 0. The van der Waals surface area contributed by atoms with Gasteiger partial charge in [0.25, 0.3) is 0 Å². The summed E-state index contributed by atoms with van der Waals surface area (Å²) in [4.78, 5) is 0. The van der Waals surface area contributed by atoms with Crippen LogP contribution in [0.25, 0.3) is 66.1 Å². The lowest BCUT2D eigenvalue weighted by atomic mass is 9.99. The number of rotatable bonds is 2. The second-order valence-corrected chi connectivity index (χ2v) is 10.2. The van der Waals surface area contributed by atoms with Crippen molar-refractivity contribution >= 4 is 43.6 Å². The van der Waals surface area contributed by atoms with Crippen LogP contribution >= 0.6 is 0 Å². The van der Waals surface area contributed by atoms with Gasteiger partial charge in [-0.25, -0.2) is 0 Å². The highest BCUT2D eigenvalue weighted by Crippen LogP contribution is 2.47. The topological polar surface area (TPSA) is 19.1 Å². The Bertz CT molecular complexity index is 2210. The first-order valence-electron chi connectivity index (χ1n) is 13.3. The maximum Gasteiger partial charge on any atom is 0.152 e. The molecule has 0 atom stereocenters. The maximum absolute atomic E-state index is 6.35. The fourth-order valence-corrected chi connectivity index (χ4v) is 6.52. The number of para-hydroxylation sites is 5. The van der Waals surface area contributed by atoms with Crippen LogP contribution in [0.4, 0.5) is 0 Å². The van der Waals surface area contributed by atoms with E-state index >= 15 is 0 Å². The molecule has 0 radical (unpaired) electrons. The molecule has 182 valence electrons. The van der Waals surface area contributed by atoms with E-state index in [0.717, 1.165) is 28.4 Å². The van der Waals surface area contributed by atoms with Gasteiger partial charge in [-0.2, -0.15) is 0 Å². The molecule has 39 heavy (non-hydrogen) atoms. The number of hydrogen-bond acceptors (Lipinski definition) is 1. The van der Waals surface area contributed by atoms with Gasteiger partial charge in [-0.3, -0.25) is 0 Å². The first kappa shape index (κ1) is 20.7. The molecule has 0 spiro atoms. The summed E-state index contributed by atoms with van der Waals surface area (Å²) in [7, 11) is 0. The van der Waals surface area contributed by atoms with Crippen molar-refractivity contribution in [1.82, 2.24) is 9.13 Å². The zero-order valence-corrected chi connectivity index (χ0v) is 21.0. The van der Waals surface area contributed by atoms with Gasteiger partial charge in [-0.1, -0.05) is 84.9 Å². The smallest absolute Gasteiger partial charge is 0.152 e. The minimum atomic E-state index is 0.883. The van der Waals surface area contributed by atoms with Gasteiger partial charge < -0.3 is 13.9 Å². The summed E-state index contributed by atoms with van der Waals surface area (Å²) in [6, 6.07) is 47.6. The monoisotopic (exact) mass is 498 g/mol. The lowest BCUT2D eigenvalue weighted by molar-refractivity contribution is 0.476. The maximum atomic E-state index is 6.35. The van der Waals surface area contributed by atoms with Crippen LogP contribution in [-0.4, -0.2) is 9.13 Å². The lowest BCUT2D eigenvalue weighted by Gasteiger charge is -2.20. The minimum absolute atomic E-state index is 0.883. The van der Waals surface area contributed by atoms with Gasteiger partial charge in [0.05, 0.1) is 27.8 Å². The number of nitrogens with zero attached hydrogens (tertiary/aromatic N) is 2. The Morgan fingerprint density at radius 1 is 0.462 bits per heavy atom. The largest absolute Gasteiger partial charge is 0.453 e. The van der Waals surface area contributed by atoms with Crippen LogP contribution in [0.2, 0.25) is 0 Å². The predicted molar refractivity (Wildman–Crippen MR) is 161 cm³/mol. The Morgan fingerprint density at radius 2 is 1.10 bits per heavy atom. The van der Waals surface area contributed by atoms with Crippen molar-refractivity contribution < 1.29 is 4.74 Å². The highest BCUT2D eigenvalue weighted by molar-refractivity contribution is 6.18. The predicted octanol–water partition coefficient (Wildman–Crippen LogP) is 9.65. The van der Waals surface area contributed by atoms with E-state index in [1.54, 1.807) is 0 Å². The summed E-state index contributed by atoms with van der Waals surface area (Å²) in [6.45, 7) is 0. The molecule has 0 bridgehead atoms. The van der Waals surface area contributed by atoms with Crippen LogP contribution < -0.4 is 4.74 Å². The number of fused-ring (bicyclic) bond motifs is 8. The Kier molecular flexibility index (Phi) is 4.05. The highest BCUT2D eigenvalue weighted by atomic mass is 16.5. The Hall–Kier alpha value is -5.28. The van der Waals surface area contributed by atoms with Crippen molar-refractivity contribution in [2.24, 2.45) is 0 Å². The quantitative estimate of drug-likeness (QED) is 0.232. The molecule has 0 unspecified atom stereocenters. The molecule has 9 rings (SSSR count). The van der Waals surface area contributed by atoms with Crippen molar-refractivity contribution in [2.75, 3.05) is 0 Å². The normalized spacial score (nSPS) is 12.3. The summed E-state index contributed by atoms with van der Waals surface area (Å²) in [5, 5.41) is 4.99. The molecule has 0 fully saturated rings. The lowest BCUT2D eigenvalue weighted by Crippen LogP contribution is -2.03. The van der Waals surface area contributed by atoms with Crippen LogP contribution in [0.15, 0.2) is 133 Å². The molecule has 0 aliphatic carbocycles. The third-order valence-corrected chi connectivity index (χ3v) is 8.10. The fraction of sp³-hybridized carbons (Fsp3) is 0. The second-order valence-electron chi connectivity index (χ2n) is 10.2. The molecule has 0 amide bonds. The van der Waals surface area contributed by atoms with E-state index in [1.165, 1.54) is 49.2 Å². The van der Waals surface area contributed by atoms with E-state index in [1.807, 2.05) is 12.1 Å². The summed E-state index contributed by atoms with van der Waals surface area (Å²) in [5.41, 5.74) is 9.39. The fourth-order valence-electron chi connectivity index (χ4n) is 6.52. The number of ether oxygens (including phenoxy) is 1. The van der Waals surface area contributed by atoms with Crippen molar-refractivity contribution in [1.29, 1.82) is 0 Å². The average molecular weight is 499 g/mol. The third kappa shape index (κ3) is 2.76. The first-order valence-corrected chi connectivity index (χ1v) is 13.3. The summed E-state index contributed by atoms with van der Waals surface area (Å²) < 4.78 is 11.1. The number of aromatic nitrogens is 2. The molecule has 0 N–H and O–H groups in total. The van der Waals surface area contributed by atoms with Gasteiger partial charge in [0.2, 0.25) is 0 Å². The van der Waals surface area contributed by atoms with Crippen molar-refractivity contribution in [3.05, 3.63) is 133 Å². The number of benzene rings is 6. The van der Waals surface area contributed by atoms with Gasteiger partial charge in [0, 0.05) is 27.2 Å². The third-order valence-electron chi connectivity index (χ3n) is 8.10. The van der Waals surface area contributed by atoms with Crippen LogP contribution in [0.1, 0.15) is 0 Å². The van der Waals surface area contributed by atoms with Crippen LogP contribution in [0.5, 0.6) is 11.5 Å².